The minimum absolute atomic E-state index is 0.361. The van der Waals surface area contributed by atoms with Gasteiger partial charge in [-0.25, -0.2) is 0 Å². The number of aryl methyl sites for hydroxylation is 1. The van der Waals surface area contributed by atoms with Crippen molar-refractivity contribution in [2.24, 2.45) is 5.73 Å². The monoisotopic (exact) mass is 265 g/mol. The van der Waals surface area contributed by atoms with Crippen LogP contribution in [0.2, 0.25) is 0 Å². The Hall–Kier alpha value is -1.55. The maximum atomic E-state index is 11.3. The summed E-state index contributed by atoms with van der Waals surface area (Å²) < 4.78 is 9.98. The molecule has 0 aliphatic rings. The molecule has 0 aliphatic carbocycles. The molecule has 0 heterocycles. The molecule has 0 aromatic heterocycles. The van der Waals surface area contributed by atoms with Crippen molar-refractivity contribution in [3.8, 4) is 5.75 Å². The van der Waals surface area contributed by atoms with Crippen molar-refractivity contribution >= 4 is 5.97 Å². The fourth-order valence-electron chi connectivity index (χ4n) is 2.26. The number of carbonyl (C=O) groups is 1. The molecule has 0 amide bonds. The molecule has 0 saturated heterocycles. The summed E-state index contributed by atoms with van der Waals surface area (Å²) in [5.41, 5.74) is 10.5. The van der Waals surface area contributed by atoms with Crippen LogP contribution in [0.25, 0.3) is 0 Å². The van der Waals surface area contributed by atoms with E-state index < -0.39 is 6.04 Å². The lowest BCUT2D eigenvalue weighted by Gasteiger charge is -2.17. The molecule has 19 heavy (non-hydrogen) atoms. The first-order valence-electron chi connectivity index (χ1n) is 6.39. The van der Waals surface area contributed by atoms with Crippen molar-refractivity contribution in [2.45, 2.75) is 39.7 Å². The van der Waals surface area contributed by atoms with Gasteiger partial charge in [0.2, 0.25) is 0 Å². The lowest BCUT2D eigenvalue weighted by atomic mass is 9.93. The maximum absolute atomic E-state index is 11.3. The van der Waals surface area contributed by atoms with Gasteiger partial charge in [0.05, 0.1) is 14.2 Å². The molecule has 0 fully saturated rings. The topological polar surface area (TPSA) is 61.5 Å². The molecule has 0 radical (unpaired) electrons. The van der Waals surface area contributed by atoms with Crippen molar-refractivity contribution in [1.29, 1.82) is 0 Å². The van der Waals surface area contributed by atoms with Gasteiger partial charge in [-0.2, -0.15) is 0 Å². The fraction of sp³-hybridized carbons (Fsp3) is 0.533. The average molecular weight is 265 g/mol. The number of rotatable bonds is 5. The van der Waals surface area contributed by atoms with Crippen LogP contribution in [0.4, 0.5) is 0 Å². The molecule has 1 atom stereocenters. The number of nitrogens with two attached hydrogens (primary N) is 1. The predicted molar refractivity (Wildman–Crippen MR) is 75.5 cm³/mol. The van der Waals surface area contributed by atoms with Gasteiger partial charge < -0.3 is 15.2 Å². The van der Waals surface area contributed by atoms with E-state index in [2.05, 4.69) is 11.7 Å². The summed E-state index contributed by atoms with van der Waals surface area (Å²) in [6, 6.07) is 1.47. The second-order valence-corrected chi connectivity index (χ2v) is 4.79. The van der Waals surface area contributed by atoms with Crippen LogP contribution in [0.1, 0.15) is 28.7 Å². The summed E-state index contributed by atoms with van der Waals surface area (Å²) in [5, 5.41) is 0. The van der Waals surface area contributed by atoms with Crippen molar-refractivity contribution < 1.29 is 14.3 Å². The summed E-state index contributed by atoms with van der Waals surface area (Å²) in [7, 11) is 3.03. The Morgan fingerprint density at radius 2 is 1.89 bits per heavy atom. The average Bonchev–Trinajstić information content (AvgIpc) is 2.41. The van der Waals surface area contributed by atoms with Crippen molar-refractivity contribution in [2.75, 3.05) is 14.2 Å². The molecule has 106 valence electrons. The Morgan fingerprint density at radius 1 is 1.26 bits per heavy atom. The summed E-state index contributed by atoms with van der Waals surface area (Å²) >= 11 is 0. The second kappa shape index (κ2) is 6.57. The molecule has 4 nitrogen and oxygen atoms in total. The Balaban J connectivity index is 2.90. The number of esters is 1. The van der Waals surface area contributed by atoms with Crippen LogP contribution in [0.3, 0.4) is 0 Å². The van der Waals surface area contributed by atoms with Crippen LogP contribution < -0.4 is 10.5 Å². The zero-order chi connectivity index (χ0) is 14.6. The molecule has 1 rings (SSSR count). The van der Waals surface area contributed by atoms with E-state index in [-0.39, 0.29) is 5.97 Å². The SMILES string of the molecule is COC(=O)C(N)CCc1c(C)cc(OC)c(C)c1C. The molecule has 2 N–H and O–H groups in total. The first kappa shape index (κ1) is 15.5. The number of hydrogen-bond donors (Lipinski definition) is 1. The number of benzene rings is 1. The summed E-state index contributed by atoms with van der Waals surface area (Å²) in [6.07, 6.45) is 1.35. The summed E-state index contributed by atoms with van der Waals surface area (Å²) in [4.78, 5) is 11.3. The molecule has 1 unspecified atom stereocenters. The molecule has 0 saturated carbocycles. The molecule has 0 bridgehead atoms. The van der Waals surface area contributed by atoms with Gasteiger partial charge >= 0.3 is 5.97 Å². The highest BCUT2D eigenvalue weighted by Crippen LogP contribution is 2.28. The van der Waals surface area contributed by atoms with Gasteiger partial charge in [-0.05, 0) is 61.9 Å². The molecule has 0 spiro atoms. The molecule has 0 aliphatic heterocycles. The third-order valence-corrected chi connectivity index (χ3v) is 3.64. The highest BCUT2D eigenvalue weighted by Gasteiger charge is 2.16. The number of methoxy groups -OCH3 is 2. The van der Waals surface area contributed by atoms with E-state index in [1.54, 1.807) is 7.11 Å². The zero-order valence-corrected chi connectivity index (χ0v) is 12.4. The second-order valence-electron chi connectivity index (χ2n) is 4.79. The quantitative estimate of drug-likeness (QED) is 0.828. The smallest absolute Gasteiger partial charge is 0.322 e. The molecule has 1 aromatic rings. The van der Waals surface area contributed by atoms with Gasteiger partial charge in [-0.1, -0.05) is 0 Å². The Morgan fingerprint density at radius 3 is 2.42 bits per heavy atom. The minimum atomic E-state index is -0.564. The van der Waals surface area contributed by atoms with Gasteiger partial charge in [-0.15, -0.1) is 0 Å². The number of ether oxygens (including phenoxy) is 2. The van der Waals surface area contributed by atoms with Crippen LogP contribution in [0.15, 0.2) is 6.07 Å². The largest absolute Gasteiger partial charge is 0.496 e. The van der Waals surface area contributed by atoms with Crippen LogP contribution in [-0.2, 0) is 16.0 Å². The van der Waals surface area contributed by atoms with E-state index in [0.29, 0.717) is 6.42 Å². The molecule has 1 aromatic carbocycles. The van der Waals surface area contributed by atoms with E-state index >= 15 is 0 Å². The standard InChI is InChI=1S/C15H23NO3/c1-9-8-14(18-4)11(3)10(2)12(9)6-7-13(16)15(17)19-5/h8,13H,6-7,16H2,1-5H3. The zero-order valence-electron chi connectivity index (χ0n) is 12.4. The highest BCUT2D eigenvalue weighted by molar-refractivity contribution is 5.75. The Labute approximate surface area is 114 Å². The van der Waals surface area contributed by atoms with Gasteiger partial charge in [0.25, 0.3) is 0 Å². The normalized spacial score (nSPS) is 12.1. The third-order valence-electron chi connectivity index (χ3n) is 3.64. The van der Waals surface area contributed by atoms with Gasteiger partial charge in [0.1, 0.15) is 11.8 Å². The number of carbonyl (C=O) groups excluding carboxylic acids is 1. The lowest BCUT2D eigenvalue weighted by molar-refractivity contribution is -0.142. The van der Waals surface area contributed by atoms with Crippen LogP contribution in [-0.4, -0.2) is 26.2 Å². The van der Waals surface area contributed by atoms with Gasteiger partial charge in [0, 0.05) is 0 Å². The van der Waals surface area contributed by atoms with E-state index in [9.17, 15) is 4.79 Å². The maximum Gasteiger partial charge on any atom is 0.322 e. The molecule has 4 heteroatoms. The van der Waals surface area contributed by atoms with Gasteiger partial charge in [-0.3, -0.25) is 4.79 Å². The highest BCUT2D eigenvalue weighted by atomic mass is 16.5. The molecular weight excluding hydrogens is 242 g/mol. The van der Waals surface area contributed by atoms with Gasteiger partial charge in [0.15, 0.2) is 0 Å². The van der Waals surface area contributed by atoms with Crippen molar-refractivity contribution in [3.05, 3.63) is 28.3 Å². The fourth-order valence-corrected chi connectivity index (χ4v) is 2.26. The Bertz CT molecular complexity index is 469. The first-order chi connectivity index (χ1) is 8.92. The van der Waals surface area contributed by atoms with Crippen LogP contribution in [0, 0.1) is 20.8 Å². The van der Waals surface area contributed by atoms with Crippen molar-refractivity contribution in [3.63, 3.8) is 0 Å². The lowest BCUT2D eigenvalue weighted by Crippen LogP contribution is -2.32. The van der Waals surface area contributed by atoms with E-state index in [0.717, 1.165) is 23.3 Å². The van der Waals surface area contributed by atoms with E-state index in [4.69, 9.17) is 10.5 Å². The predicted octanol–water partition coefficient (Wildman–Crippen LogP) is 2.05. The third kappa shape index (κ3) is 3.47. The minimum Gasteiger partial charge on any atom is -0.496 e. The summed E-state index contributed by atoms with van der Waals surface area (Å²) in [6.45, 7) is 6.16. The van der Waals surface area contributed by atoms with Crippen LogP contribution >= 0.6 is 0 Å². The van der Waals surface area contributed by atoms with E-state index in [1.165, 1.54) is 18.2 Å². The van der Waals surface area contributed by atoms with E-state index in [1.807, 2.05) is 19.9 Å². The Kier molecular flexibility index (Phi) is 5.36. The number of hydrogen-bond acceptors (Lipinski definition) is 4. The first-order valence-corrected chi connectivity index (χ1v) is 6.39. The molecular formula is C15H23NO3. The van der Waals surface area contributed by atoms with Crippen LogP contribution in [0.5, 0.6) is 5.75 Å². The van der Waals surface area contributed by atoms with Crippen molar-refractivity contribution in [1.82, 2.24) is 0 Å². The summed E-state index contributed by atoms with van der Waals surface area (Å²) in [5.74, 6) is 0.538.